The van der Waals surface area contributed by atoms with Gasteiger partial charge in [0.2, 0.25) is 0 Å². The Labute approximate surface area is 200 Å². The Morgan fingerprint density at radius 3 is 2.82 bits per heavy atom. The molecule has 0 bridgehead atoms. The van der Waals surface area contributed by atoms with Crippen molar-refractivity contribution >= 4 is 34.6 Å². The van der Waals surface area contributed by atoms with Gasteiger partial charge in [0.1, 0.15) is 10.7 Å². The minimum absolute atomic E-state index is 0.158. The highest BCUT2D eigenvalue weighted by atomic mass is 32.2. The first-order chi connectivity index (χ1) is 16.6. The number of H-pyrrole nitrogens is 1. The van der Waals surface area contributed by atoms with Crippen LogP contribution in [-0.4, -0.2) is 45.0 Å². The van der Waals surface area contributed by atoms with Gasteiger partial charge < -0.3 is 15.6 Å². The van der Waals surface area contributed by atoms with Crippen LogP contribution < -0.4 is 15.4 Å². The predicted octanol–water partition coefficient (Wildman–Crippen LogP) is 3.49. The van der Waals surface area contributed by atoms with E-state index in [1.165, 1.54) is 11.9 Å². The zero-order valence-corrected chi connectivity index (χ0v) is 19.2. The van der Waals surface area contributed by atoms with Crippen LogP contribution in [0.3, 0.4) is 0 Å². The molecule has 4 N–H and O–H groups in total. The van der Waals surface area contributed by atoms with Crippen LogP contribution in [0.25, 0.3) is 22.3 Å². The van der Waals surface area contributed by atoms with Crippen molar-refractivity contribution in [1.82, 2.24) is 30.0 Å². The molecular formula is C24H22N8OS. The summed E-state index contributed by atoms with van der Waals surface area (Å²) >= 11 is 1.45. The van der Waals surface area contributed by atoms with Crippen molar-refractivity contribution in [3.63, 3.8) is 0 Å². The van der Waals surface area contributed by atoms with Crippen LogP contribution >= 0.6 is 11.9 Å². The van der Waals surface area contributed by atoms with Crippen molar-refractivity contribution in [2.45, 2.75) is 30.0 Å². The molecule has 1 amide bonds. The summed E-state index contributed by atoms with van der Waals surface area (Å²) < 4.78 is 3.44. The largest absolute Gasteiger partial charge is 0.381 e. The van der Waals surface area contributed by atoms with Gasteiger partial charge in [-0.1, -0.05) is 0 Å². The molecule has 1 saturated carbocycles. The van der Waals surface area contributed by atoms with E-state index >= 15 is 0 Å². The fourth-order valence-electron chi connectivity index (χ4n) is 3.94. The van der Waals surface area contributed by atoms with E-state index in [2.05, 4.69) is 41.4 Å². The highest BCUT2D eigenvalue weighted by Gasteiger charge is 2.30. The summed E-state index contributed by atoms with van der Waals surface area (Å²) in [6, 6.07) is 11.7. The number of pyridine rings is 3. The van der Waals surface area contributed by atoms with Crippen molar-refractivity contribution in [2.75, 3.05) is 12.4 Å². The number of anilines is 1. The summed E-state index contributed by atoms with van der Waals surface area (Å²) in [7, 11) is 1.61. The number of nitrogens with zero attached hydrogens (tertiary/aromatic N) is 4. The molecule has 1 aliphatic carbocycles. The number of fused-ring (bicyclic) bond motifs is 1. The third kappa shape index (κ3) is 4.44. The number of carbonyl (C=O) groups excluding carboxylic acids is 1. The highest BCUT2D eigenvalue weighted by molar-refractivity contribution is 7.97. The van der Waals surface area contributed by atoms with Crippen molar-refractivity contribution in [2.24, 2.45) is 0 Å². The third-order valence-electron chi connectivity index (χ3n) is 5.79. The molecule has 0 aliphatic heterocycles. The van der Waals surface area contributed by atoms with Crippen molar-refractivity contribution in [3.8, 4) is 17.3 Å². The van der Waals surface area contributed by atoms with Crippen LogP contribution in [0.4, 0.5) is 5.69 Å². The molecule has 9 nitrogen and oxygen atoms in total. The lowest BCUT2D eigenvalue weighted by molar-refractivity contribution is 0.0963. The van der Waals surface area contributed by atoms with Gasteiger partial charge >= 0.3 is 0 Å². The molecule has 5 rings (SSSR count). The third-order valence-corrected chi connectivity index (χ3v) is 6.68. The van der Waals surface area contributed by atoms with Gasteiger partial charge in [-0.3, -0.25) is 14.5 Å². The molecule has 0 saturated heterocycles. The lowest BCUT2D eigenvalue weighted by atomic mass is 9.87. The average Bonchev–Trinajstić information content (AvgIpc) is 3.34. The Hall–Kier alpha value is -3.94. The molecule has 4 aromatic heterocycles. The molecule has 0 unspecified atom stereocenters. The lowest BCUT2D eigenvalue weighted by Gasteiger charge is -2.37. The first kappa shape index (κ1) is 21.9. The number of rotatable bonds is 7. The molecule has 170 valence electrons. The maximum Gasteiger partial charge on any atom is 0.251 e. The summed E-state index contributed by atoms with van der Waals surface area (Å²) in [4.78, 5) is 28.6. The van der Waals surface area contributed by atoms with Crippen molar-refractivity contribution in [1.29, 1.82) is 5.26 Å². The number of amides is 1. The normalized spacial score (nSPS) is 17.1. The SMILES string of the molecule is CNC(=O)c1ccnc(-c2cnc3[nH]ccc3c2NC2CC(NSc3cc(C#N)ccn3)C2)c1. The van der Waals surface area contributed by atoms with E-state index in [-0.39, 0.29) is 11.9 Å². The summed E-state index contributed by atoms with van der Waals surface area (Å²) in [6.45, 7) is 0. The Balaban J connectivity index is 1.31. The van der Waals surface area contributed by atoms with Crippen LogP contribution in [0.5, 0.6) is 0 Å². The molecule has 0 aromatic carbocycles. The second-order valence-electron chi connectivity index (χ2n) is 8.02. The number of nitriles is 1. The average molecular weight is 471 g/mol. The fraction of sp³-hybridized carbons (Fsp3) is 0.208. The summed E-state index contributed by atoms with van der Waals surface area (Å²) in [5.74, 6) is -0.158. The van der Waals surface area contributed by atoms with E-state index < -0.39 is 0 Å². The first-order valence-electron chi connectivity index (χ1n) is 10.8. The maximum absolute atomic E-state index is 12.1. The van der Waals surface area contributed by atoms with Gasteiger partial charge in [0.15, 0.2) is 0 Å². The number of hydrogen-bond acceptors (Lipinski definition) is 8. The summed E-state index contributed by atoms with van der Waals surface area (Å²) in [6.07, 6.45) is 8.81. The minimum Gasteiger partial charge on any atom is -0.381 e. The first-order valence-corrected chi connectivity index (χ1v) is 11.7. The molecule has 0 atom stereocenters. The monoisotopic (exact) mass is 470 g/mol. The Morgan fingerprint density at radius 2 is 2.00 bits per heavy atom. The number of aromatic amines is 1. The summed E-state index contributed by atoms with van der Waals surface area (Å²) in [5, 5.41) is 17.1. The molecule has 10 heteroatoms. The van der Waals surface area contributed by atoms with Crippen LogP contribution in [0.2, 0.25) is 0 Å². The zero-order chi connectivity index (χ0) is 23.5. The van der Waals surface area contributed by atoms with Gasteiger partial charge in [-0.05, 0) is 55.1 Å². The second kappa shape index (κ2) is 9.51. The van der Waals surface area contributed by atoms with Crippen LogP contribution in [-0.2, 0) is 0 Å². The highest BCUT2D eigenvalue weighted by Crippen LogP contribution is 2.36. The van der Waals surface area contributed by atoms with Crippen LogP contribution in [0.1, 0.15) is 28.8 Å². The van der Waals surface area contributed by atoms with Gasteiger partial charge in [-0.25, -0.2) is 9.97 Å². The Bertz CT molecular complexity index is 1390. The molecule has 4 aromatic rings. The zero-order valence-electron chi connectivity index (χ0n) is 18.4. The summed E-state index contributed by atoms with van der Waals surface area (Å²) in [5.41, 5.74) is 4.43. The molecule has 34 heavy (non-hydrogen) atoms. The second-order valence-corrected chi connectivity index (χ2v) is 8.88. The molecule has 0 spiro atoms. The minimum atomic E-state index is -0.158. The van der Waals surface area contributed by atoms with E-state index in [4.69, 9.17) is 5.26 Å². The van der Waals surface area contributed by atoms with Gasteiger partial charge in [-0.15, -0.1) is 0 Å². The Morgan fingerprint density at radius 1 is 1.15 bits per heavy atom. The van der Waals surface area contributed by atoms with Crippen molar-refractivity contribution < 1.29 is 4.79 Å². The fourth-order valence-corrected chi connectivity index (χ4v) is 4.71. The lowest BCUT2D eigenvalue weighted by Crippen LogP contribution is -2.45. The van der Waals surface area contributed by atoms with Crippen LogP contribution in [0.15, 0.2) is 60.1 Å². The number of hydrogen-bond donors (Lipinski definition) is 4. The number of aromatic nitrogens is 4. The van der Waals surface area contributed by atoms with Crippen LogP contribution in [0, 0.1) is 11.3 Å². The van der Waals surface area contributed by atoms with E-state index in [1.54, 1.807) is 49.9 Å². The number of carbonyl (C=O) groups is 1. The van der Waals surface area contributed by atoms with E-state index in [0.717, 1.165) is 40.2 Å². The molecule has 1 aliphatic rings. The van der Waals surface area contributed by atoms with E-state index in [9.17, 15) is 4.79 Å². The molecular weight excluding hydrogens is 448 g/mol. The maximum atomic E-state index is 12.1. The molecule has 1 fully saturated rings. The van der Waals surface area contributed by atoms with E-state index in [1.807, 2.05) is 12.3 Å². The number of nitrogens with one attached hydrogen (secondary N) is 4. The van der Waals surface area contributed by atoms with Gasteiger partial charge in [0, 0.05) is 60.4 Å². The standard InChI is InChI=1S/C24H22N8OS/c1-26-24(33)15-3-6-27-20(9-15)19-13-30-23-18(4-7-29-23)22(19)31-16-10-17(11-16)32-34-21-8-14(12-25)2-5-28-21/h2-9,13,16-17,32H,10-11H2,1H3,(H,26,33)(H2,29,30,31). The topological polar surface area (TPSA) is 131 Å². The Kier molecular flexibility index (Phi) is 6.12. The predicted molar refractivity (Wildman–Crippen MR) is 131 cm³/mol. The quantitative estimate of drug-likeness (QED) is 0.302. The van der Waals surface area contributed by atoms with Gasteiger partial charge in [-0.2, -0.15) is 5.26 Å². The van der Waals surface area contributed by atoms with E-state index in [0.29, 0.717) is 22.9 Å². The molecule has 4 heterocycles. The van der Waals surface area contributed by atoms with Crippen molar-refractivity contribution in [3.05, 3.63) is 66.2 Å². The smallest absolute Gasteiger partial charge is 0.251 e. The van der Waals surface area contributed by atoms with Gasteiger partial charge in [0.05, 0.1) is 23.0 Å². The molecule has 0 radical (unpaired) electrons. The van der Waals surface area contributed by atoms with Gasteiger partial charge in [0.25, 0.3) is 5.91 Å².